The van der Waals surface area contributed by atoms with Crippen LogP contribution in [0.2, 0.25) is 0 Å². The van der Waals surface area contributed by atoms with Crippen LogP contribution in [0.5, 0.6) is 5.75 Å². The largest absolute Gasteiger partial charge is 0.486 e. The molecule has 2 aromatic carbocycles. The lowest BCUT2D eigenvalue weighted by Crippen LogP contribution is -2.26. The Bertz CT molecular complexity index is 1210. The van der Waals surface area contributed by atoms with Crippen molar-refractivity contribution in [2.45, 2.75) is 38.8 Å². The molecule has 1 amide bonds. The number of fused-ring (bicyclic) bond motifs is 1. The molecule has 0 spiro atoms. The lowest BCUT2D eigenvalue weighted by Gasteiger charge is -2.14. The van der Waals surface area contributed by atoms with E-state index in [0.717, 1.165) is 29.8 Å². The number of aryl methyl sites for hydroxylation is 2. The number of benzene rings is 2. The molecule has 1 unspecified atom stereocenters. The predicted molar refractivity (Wildman–Crippen MR) is 123 cm³/mol. The fourth-order valence-electron chi connectivity index (χ4n) is 4.16. The van der Waals surface area contributed by atoms with E-state index in [4.69, 9.17) is 9.15 Å². The van der Waals surface area contributed by atoms with Crippen LogP contribution >= 0.6 is 0 Å². The molecule has 0 radical (unpaired) electrons. The monoisotopic (exact) mass is 426 g/mol. The smallest absolute Gasteiger partial charge is 0.287 e. The first-order valence-corrected chi connectivity index (χ1v) is 11.0. The average molecular weight is 427 g/mol. The van der Waals surface area contributed by atoms with Gasteiger partial charge in [0.25, 0.3) is 5.91 Å². The molecule has 32 heavy (non-hydrogen) atoms. The summed E-state index contributed by atoms with van der Waals surface area (Å²) in [7, 11) is 0. The third kappa shape index (κ3) is 4.33. The van der Waals surface area contributed by atoms with E-state index in [-0.39, 0.29) is 17.7 Å². The Morgan fingerprint density at radius 1 is 1.03 bits per heavy atom. The van der Waals surface area contributed by atoms with E-state index in [1.54, 1.807) is 12.1 Å². The number of nitrogens with one attached hydrogen (secondary N) is 1. The molecule has 1 aliphatic carbocycles. The molecule has 0 saturated carbocycles. The standard InChI is InChI=1S/C27H26N2O3/c1-19(20-7-10-23(11-8-20)29-15-2-3-16-29)28-27(30)26-14-13-25(32-26)18-31-24-12-9-21-5-4-6-22(21)17-24/h2-3,7-17,19H,4-6,18H2,1H3,(H,28,30). The second-order valence-electron chi connectivity index (χ2n) is 8.22. The van der Waals surface area contributed by atoms with Crippen LogP contribution in [0.25, 0.3) is 5.69 Å². The van der Waals surface area contributed by atoms with E-state index in [9.17, 15) is 4.79 Å². The first-order chi connectivity index (χ1) is 15.7. The summed E-state index contributed by atoms with van der Waals surface area (Å²) >= 11 is 0. The van der Waals surface area contributed by atoms with Gasteiger partial charge in [0, 0.05) is 18.1 Å². The number of rotatable bonds is 7. The third-order valence-electron chi connectivity index (χ3n) is 5.98. The normalized spacial score (nSPS) is 13.5. The topological polar surface area (TPSA) is 56.4 Å². The highest BCUT2D eigenvalue weighted by atomic mass is 16.5. The second-order valence-corrected chi connectivity index (χ2v) is 8.22. The van der Waals surface area contributed by atoms with Gasteiger partial charge in [-0.25, -0.2) is 0 Å². The van der Waals surface area contributed by atoms with Gasteiger partial charge in [-0.3, -0.25) is 4.79 Å². The summed E-state index contributed by atoms with van der Waals surface area (Å²) in [5.41, 5.74) is 4.90. The van der Waals surface area contributed by atoms with Crippen molar-refractivity contribution in [2.75, 3.05) is 0 Å². The van der Waals surface area contributed by atoms with Gasteiger partial charge in [-0.05, 0) is 91.4 Å². The number of amides is 1. The summed E-state index contributed by atoms with van der Waals surface area (Å²) in [5.74, 6) is 1.51. The maximum atomic E-state index is 12.6. The molecule has 2 aromatic heterocycles. The van der Waals surface area contributed by atoms with Crippen molar-refractivity contribution in [2.24, 2.45) is 0 Å². The molecule has 0 aliphatic heterocycles. The Balaban J connectivity index is 1.17. The zero-order valence-electron chi connectivity index (χ0n) is 18.1. The van der Waals surface area contributed by atoms with Gasteiger partial charge in [-0.1, -0.05) is 18.2 Å². The number of nitrogens with zero attached hydrogens (tertiary/aromatic N) is 1. The minimum absolute atomic E-state index is 0.141. The Hall–Kier alpha value is -3.73. The molecule has 162 valence electrons. The van der Waals surface area contributed by atoms with Crippen LogP contribution < -0.4 is 10.1 Å². The molecular formula is C27H26N2O3. The van der Waals surface area contributed by atoms with Crippen molar-refractivity contribution in [3.05, 3.63) is 107 Å². The van der Waals surface area contributed by atoms with Crippen molar-refractivity contribution in [1.29, 1.82) is 0 Å². The molecule has 0 bridgehead atoms. The summed E-state index contributed by atoms with van der Waals surface area (Å²) in [5, 5.41) is 3.00. The van der Waals surface area contributed by atoms with Crippen molar-refractivity contribution in [1.82, 2.24) is 9.88 Å². The molecular weight excluding hydrogens is 400 g/mol. The highest BCUT2D eigenvalue weighted by Gasteiger charge is 2.16. The summed E-state index contributed by atoms with van der Waals surface area (Å²) in [6.07, 6.45) is 7.49. The lowest BCUT2D eigenvalue weighted by atomic mass is 10.1. The summed E-state index contributed by atoms with van der Waals surface area (Å²) in [6, 6.07) is 21.7. The highest BCUT2D eigenvalue weighted by molar-refractivity contribution is 5.91. The maximum absolute atomic E-state index is 12.6. The molecule has 1 N–H and O–H groups in total. The first-order valence-electron chi connectivity index (χ1n) is 11.0. The lowest BCUT2D eigenvalue weighted by molar-refractivity contribution is 0.0907. The number of furan rings is 1. The number of carbonyl (C=O) groups excluding carboxylic acids is 1. The van der Waals surface area contributed by atoms with Crippen molar-refractivity contribution in [3.63, 3.8) is 0 Å². The van der Waals surface area contributed by atoms with Gasteiger partial charge in [0.2, 0.25) is 0 Å². The third-order valence-corrected chi connectivity index (χ3v) is 5.98. The Labute approximate surface area is 187 Å². The molecule has 2 heterocycles. The maximum Gasteiger partial charge on any atom is 0.287 e. The van der Waals surface area contributed by atoms with E-state index in [1.165, 1.54) is 17.5 Å². The number of hydrogen-bond donors (Lipinski definition) is 1. The molecule has 0 saturated heterocycles. The minimum atomic E-state index is -0.240. The second kappa shape index (κ2) is 8.79. The average Bonchev–Trinajstić information content (AvgIpc) is 3.59. The molecule has 0 fully saturated rings. The van der Waals surface area contributed by atoms with Crippen LogP contribution in [0.4, 0.5) is 0 Å². The zero-order valence-corrected chi connectivity index (χ0v) is 18.1. The predicted octanol–water partition coefficient (Wildman–Crippen LogP) is 5.63. The van der Waals surface area contributed by atoms with Crippen LogP contribution in [-0.4, -0.2) is 10.5 Å². The van der Waals surface area contributed by atoms with Gasteiger partial charge in [0.05, 0.1) is 6.04 Å². The summed E-state index contributed by atoms with van der Waals surface area (Å²) < 4.78 is 13.6. The summed E-state index contributed by atoms with van der Waals surface area (Å²) in [4.78, 5) is 12.6. The van der Waals surface area contributed by atoms with Gasteiger partial charge in [-0.2, -0.15) is 0 Å². The van der Waals surface area contributed by atoms with Crippen LogP contribution in [0.1, 0.15) is 52.4 Å². The molecule has 4 aromatic rings. The molecule has 1 atom stereocenters. The van der Waals surface area contributed by atoms with Gasteiger partial charge < -0.3 is 19.0 Å². The van der Waals surface area contributed by atoms with Crippen molar-refractivity contribution < 1.29 is 13.9 Å². The van der Waals surface area contributed by atoms with Crippen LogP contribution in [0.15, 0.2) is 83.5 Å². The Morgan fingerprint density at radius 3 is 2.62 bits per heavy atom. The van der Waals surface area contributed by atoms with E-state index in [2.05, 4.69) is 17.4 Å². The molecule has 5 rings (SSSR count). The van der Waals surface area contributed by atoms with Crippen LogP contribution in [-0.2, 0) is 19.4 Å². The quantitative estimate of drug-likeness (QED) is 0.417. The van der Waals surface area contributed by atoms with Gasteiger partial charge >= 0.3 is 0 Å². The van der Waals surface area contributed by atoms with Gasteiger partial charge in [0.1, 0.15) is 18.1 Å². The van der Waals surface area contributed by atoms with E-state index < -0.39 is 0 Å². The van der Waals surface area contributed by atoms with Crippen LogP contribution in [0, 0.1) is 0 Å². The minimum Gasteiger partial charge on any atom is -0.486 e. The number of aromatic nitrogens is 1. The molecule has 5 nitrogen and oxygen atoms in total. The van der Waals surface area contributed by atoms with Crippen molar-refractivity contribution in [3.8, 4) is 11.4 Å². The Kier molecular flexibility index (Phi) is 5.55. The van der Waals surface area contributed by atoms with Crippen LogP contribution in [0.3, 0.4) is 0 Å². The van der Waals surface area contributed by atoms with Gasteiger partial charge in [0.15, 0.2) is 5.76 Å². The molecule has 5 heteroatoms. The van der Waals surface area contributed by atoms with Crippen molar-refractivity contribution >= 4 is 5.91 Å². The number of carbonyl (C=O) groups is 1. The van der Waals surface area contributed by atoms with Gasteiger partial charge in [-0.15, -0.1) is 0 Å². The molecule has 1 aliphatic rings. The van der Waals surface area contributed by atoms with E-state index >= 15 is 0 Å². The van der Waals surface area contributed by atoms with E-state index in [0.29, 0.717) is 12.4 Å². The highest BCUT2D eigenvalue weighted by Crippen LogP contribution is 2.26. The van der Waals surface area contributed by atoms with E-state index in [1.807, 2.05) is 66.3 Å². The SMILES string of the molecule is CC(NC(=O)c1ccc(COc2ccc3c(c2)CCC3)o1)c1ccc(-n2cccc2)cc1. The Morgan fingerprint density at radius 2 is 1.81 bits per heavy atom. The first kappa shape index (κ1) is 20.2. The number of hydrogen-bond acceptors (Lipinski definition) is 3. The fraction of sp³-hybridized carbons (Fsp3) is 0.222. The summed E-state index contributed by atoms with van der Waals surface area (Å²) in [6.45, 7) is 2.26. The number of ether oxygens (including phenoxy) is 1. The fourth-order valence-corrected chi connectivity index (χ4v) is 4.16. The zero-order chi connectivity index (χ0) is 21.9.